The van der Waals surface area contributed by atoms with Crippen molar-refractivity contribution < 1.29 is 20.1 Å². The average Bonchev–Trinajstić information content (AvgIpc) is 2.94. The van der Waals surface area contributed by atoms with Gasteiger partial charge in [0, 0.05) is 0 Å². The molecular weight excluding hydrogens is 276 g/mol. The lowest BCUT2D eigenvalue weighted by molar-refractivity contribution is -0.0511. The van der Waals surface area contributed by atoms with Gasteiger partial charge in [0.25, 0.3) is 0 Å². The summed E-state index contributed by atoms with van der Waals surface area (Å²) in [5.74, 6) is 0. The number of fused-ring (bicyclic) bond motifs is 1. The van der Waals surface area contributed by atoms with Crippen molar-refractivity contribution in [3.8, 4) is 0 Å². The number of halogens is 1. The van der Waals surface area contributed by atoms with Crippen LogP contribution in [-0.4, -0.2) is 59.8 Å². The molecule has 1 aliphatic heterocycles. The molecule has 1 fully saturated rings. The van der Waals surface area contributed by atoms with Crippen LogP contribution in [0.25, 0.3) is 11.2 Å². The van der Waals surface area contributed by atoms with E-state index < -0.39 is 31.1 Å². The molecule has 1 aliphatic rings. The second-order valence-corrected chi connectivity index (χ2v) is 4.58. The minimum atomic E-state index is -1.19. The molecule has 0 aliphatic carbocycles. The zero-order valence-electron chi connectivity index (χ0n) is 9.59. The van der Waals surface area contributed by atoms with Crippen molar-refractivity contribution in [2.75, 3.05) is 6.61 Å². The maximum absolute atomic E-state index is 9.95. The number of rotatable bonds is 2. The minimum Gasteiger partial charge on any atom is -0.394 e. The summed E-state index contributed by atoms with van der Waals surface area (Å²) in [5, 5.41) is 28.9. The lowest BCUT2D eigenvalue weighted by atomic mass is 10.1. The fourth-order valence-corrected chi connectivity index (χ4v) is 2.30. The second kappa shape index (κ2) is 4.66. The number of aromatic nitrogens is 4. The van der Waals surface area contributed by atoms with Crippen LogP contribution in [0.5, 0.6) is 0 Å². The summed E-state index contributed by atoms with van der Waals surface area (Å²) in [6, 6.07) is 0. The normalized spacial score (nSPS) is 31.2. The maximum Gasteiger partial charge on any atom is 0.167 e. The Morgan fingerprint density at radius 2 is 2.05 bits per heavy atom. The van der Waals surface area contributed by atoms with Gasteiger partial charge in [-0.3, -0.25) is 4.57 Å². The van der Waals surface area contributed by atoms with Gasteiger partial charge in [0.15, 0.2) is 17.0 Å². The first-order chi connectivity index (χ1) is 9.13. The van der Waals surface area contributed by atoms with Gasteiger partial charge in [0.2, 0.25) is 0 Å². The molecule has 102 valence electrons. The predicted octanol–water partition coefficient (Wildman–Crippen LogP) is -0.909. The first-order valence-corrected chi connectivity index (χ1v) is 5.96. The number of hydrogen-bond acceptors (Lipinski definition) is 7. The summed E-state index contributed by atoms with van der Waals surface area (Å²) < 4.78 is 6.85. The van der Waals surface area contributed by atoms with E-state index >= 15 is 0 Å². The van der Waals surface area contributed by atoms with E-state index in [-0.39, 0.29) is 5.15 Å². The summed E-state index contributed by atoms with van der Waals surface area (Å²) in [6.45, 7) is -0.392. The lowest BCUT2D eigenvalue weighted by Gasteiger charge is -2.16. The summed E-state index contributed by atoms with van der Waals surface area (Å²) in [6.07, 6.45) is -1.44. The van der Waals surface area contributed by atoms with Crippen LogP contribution < -0.4 is 0 Å². The number of ether oxygens (including phenoxy) is 1. The van der Waals surface area contributed by atoms with Gasteiger partial charge in [0.1, 0.15) is 30.2 Å². The summed E-state index contributed by atoms with van der Waals surface area (Å²) in [4.78, 5) is 11.9. The van der Waals surface area contributed by atoms with Crippen LogP contribution in [-0.2, 0) is 4.74 Å². The van der Waals surface area contributed by atoms with Crippen molar-refractivity contribution >= 4 is 22.8 Å². The van der Waals surface area contributed by atoms with E-state index in [0.29, 0.717) is 11.2 Å². The van der Waals surface area contributed by atoms with Crippen molar-refractivity contribution in [2.45, 2.75) is 24.5 Å². The number of aliphatic hydroxyl groups is 3. The highest BCUT2D eigenvalue weighted by Gasteiger charge is 2.43. The number of aliphatic hydroxyl groups excluding tert-OH is 3. The molecule has 0 aromatic carbocycles. The lowest BCUT2D eigenvalue weighted by Crippen LogP contribution is -2.33. The molecule has 0 saturated carbocycles. The number of imidazole rings is 1. The number of nitrogens with zero attached hydrogens (tertiary/aromatic N) is 4. The highest BCUT2D eigenvalue weighted by molar-refractivity contribution is 6.33. The van der Waals surface area contributed by atoms with Crippen LogP contribution in [0.3, 0.4) is 0 Å². The Morgan fingerprint density at radius 3 is 2.74 bits per heavy atom. The molecule has 4 atom stereocenters. The highest BCUT2D eigenvalue weighted by atomic mass is 35.5. The van der Waals surface area contributed by atoms with Gasteiger partial charge < -0.3 is 20.1 Å². The monoisotopic (exact) mass is 286 g/mol. The van der Waals surface area contributed by atoms with E-state index in [1.165, 1.54) is 17.2 Å². The summed E-state index contributed by atoms with van der Waals surface area (Å²) in [7, 11) is 0. The molecule has 19 heavy (non-hydrogen) atoms. The van der Waals surface area contributed by atoms with Crippen LogP contribution in [0.15, 0.2) is 12.7 Å². The van der Waals surface area contributed by atoms with Crippen molar-refractivity contribution in [3.05, 3.63) is 17.8 Å². The fraction of sp³-hybridized carbons (Fsp3) is 0.500. The molecule has 2 aromatic heterocycles. The van der Waals surface area contributed by atoms with E-state index in [9.17, 15) is 10.2 Å². The Balaban J connectivity index is 2.04. The van der Waals surface area contributed by atoms with Crippen LogP contribution in [0.4, 0.5) is 0 Å². The molecule has 0 radical (unpaired) electrons. The van der Waals surface area contributed by atoms with Gasteiger partial charge in [-0.15, -0.1) is 0 Å². The van der Waals surface area contributed by atoms with E-state index in [0.717, 1.165) is 0 Å². The Bertz CT molecular complexity index is 606. The Hall–Kier alpha value is -1.32. The van der Waals surface area contributed by atoms with Crippen molar-refractivity contribution in [1.29, 1.82) is 0 Å². The standard InChI is InChI=1S/C10H11ClN4O4/c11-8-5-9(13-2-12-8)15(3-14-5)10-7(18)6(17)4(1-16)19-10/h2-4,6-7,10,16-18H,1H2/t4-,6+,7?,10-/m1/s1. The molecule has 9 heteroatoms. The molecule has 3 N–H and O–H groups in total. The van der Waals surface area contributed by atoms with E-state index in [1.807, 2.05) is 0 Å². The molecular formula is C10H11ClN4O4. The zero-order valence-corrected chi connectivity index (χ0v) is 10.3. The first kappa shape index (κ1) is 12.7. The maximum atomic E-state index is 9.95. The average molecular weight is 287 g/mol. The zero-order chi connectivity index (χ0) is 13.6. The second-order valence-electron chi connectivity index (χ2n) is 4.22. The Kier molecular flexibility index (Phi) is 3.11. The highest BCUT2D eigenvalue weighted by Crippen LogP contribution is 2.31. The fourth-order valence-electron chi connectivity index (χ4n) is 2.12. The molecule has 0 spiro atoms. The van der Waals surface area contributed by atoms with Crippen molar-refractivity contribution in [3.63, 3.8) is 0 Å². The quantitative estimate of drug-likeness (QED) is 0.613. The third-order valence-electron chi connectivity index (χ3n) is 3.11. The van der Waals surface area contributed by atoms with Crippen LogP contribution in [0, 0.1) is 0 Å². The molecule has 2 aromatic rings. The molecule has 1 unspecified atom stereocenters. The first-order valence-electron chi connectivity index (χ1n) is 5.59. The van der Waals surface area contributed by atoms with Gasteiger partial charge >= 0.3 is 0 Å². The Labute approximate surface area is 112 Å². The van der Waals surface area contributed by atoms with E-state index in [1.54, 1.807) is 0 Å². The topological polar surface area (TPSA) is 114 Å². The molecule has 8 nitrogen and oxygen atoms in total. The van der Waals surface area contributed by atoms with Gasteiger partial charge in [-0.25, -0.2) is 15.0 Å². The smallest absolute Gasteiger partial charge is 0.167 e. The third kappa shape index (κ3) is 1.88. The SMILES string of the molecule is OC[C@H]1O[C@@H](n2cnc3c(Cl)ncnc32)C(O)[C@H]1O. The van der Waals surface area contributed by atoms with Crippen molar-refractivity contribution in [2.24, 2.45) is 0 Å². The van der Waals surface area contributed by atoms with Crippen LogP contribution in [0.1, 0.15) is 6.23 Å². The Morgan fingerprint density at radius 1 is 1.26 bits per heavy atom. The van der Waals surface area contributed by atoms with E-state index in [2.05, 4.69) is 15.0 Å². The molecule has 1 saturated heterocycles. The van der Waals surface area contributed by atoms with Crippen LogP contribution >= 0.6 is 11.6 Å². The summed E-state index contributed by atoms with van der Waals surface area (Å²) in [5.41, 5.74) is 0.761. The minimum absolute atomic E-state index is 0.190. The molecule has 3 rings (SSSR count). The molecule has 0 bridgehead atoms. The molecule has 0 amide bonds. The largest absolute Gasteiger partial charge is 0.394 e. The number of hydrogen-bond donors (Lipinski definition) is 3. The van der Waals surface area contributed by atoms with E-state index in [4.69, 9.17) is 21.4 Å². The predicted molar refractivity (Wildman–Crippen MR) is 63.3 cm³/mol. The van der Waals surface area contributed by atoms with Gasteiger partial charge in [0.05, 0.1) is 12.9 Å². The summed E-state index contributed by atoms with van der Waals surface area (Å²) >= 11 is 5.88. The van der Waals surface area contributed by atoms with Gasteiger partial charge in [-0.1, -0.05) is 11.6 Å². The molecule has 3 heterocycles. The van der Waals surface area contributed by atoms with Crippen LogP contribution in [0.2, 0.25) is 5.15 Å². The van der Waals surface area contributed by atoms with Gasteiger partial charge in [-0.05, 0) is 0 Å². The van der Waals surface area contributed by atoms with Crippen molar-refractivity contribution in [1.82, 2.24) is 19.5 Å². The third-order valence-corrected chi connectivity index (χ3v) is 3.38. The van der Waals surface area contributed by atoms with Gasteiger partial charge in [-0.2, -0.15) is 0 Å².